The molecule has 4 heterocycles. The molecule has 0 aromatic carbocycles. The first-order valence-corrected chi connectivity index (χ1v) is 10.4. The first-order chi connectivity index (χ1) is 14.2. The van der Waals surface area contributed by atoms with Crippen LogP contribution in [-0.4, -0.2) is 57.0 Å². The number of rotatable bonds is 4. The highest BCUT2D eigenvalue weighted by atomic mass is 16.2. The number of aromatic nitrogens is 3. The number of hydrogen-bond donors (Lipinski definition) is 0. The number of fused-ring (bicyclic) bond motifs is 4. The summed E-state index contributed by atoms with van der Waals surface area (Å²) in [6.45, 7) is 6.06. The summed E-state index contributed by atoms with van der Waals surface area (Å²) < 4.78 is 3.35. The normalized spacial score (nSPS) is 20.4. The van der Waals surface area contributed by atoms with E-state index in [2.05, 4.69) is 4.98 Å². The number of likely N-dealkylation sites (tertiary alicyclic amines) is 1. The SMILES string of the molecule is Cc1cc(C)n(CC(=O)N2C[C@@H]3C[C@H](C2)c2ccc(CN(C)C)c(=O)n2C3)c(=O)n1. The molecular weight excluding hydrogens is 382 g/mol. The highest BCUT2D eigenvalue weighted by Crippen LogP contribution is 2.35. The third-order valence-electron chi connectivity index (χ3n) is 6.16. The Morgan fingerprint density at radius 3 is 2.63 bits per heavy atom. The molecule has 8 nitrogen and oxygen atoms in total. The Hall–Kier alpha value is -2.74. The number of hydrogen-bond acceptors (Lipinski definition) is 5. The molecule has 4 rings (SSSR count). The fourth-order valence-electron chi connectivity index (χ4n) is 4.86. The standard InChI is InChI=1S/C22H29N5O3/c1-14-7-15(2)26(22(30)23-14)13-20(28)25-9-16-8-18(12-25)19-6-5-17(11-24(3)4)21(29)27(19)10-16/h5-7,16,18H,8-13H2,1-4H3/t16-,18+/m0/s1. The summed E-state index contributed by atoms with van der Waals surface area (Å²) in [6.07, 6.45) is 0.987. The van der Waals surface area contributed by atoms with Gasteiger partial charge in [0.25, 0.3) is 5.56 Å². The molecule has 0 spiro atoms. The summed E-state index contributed by atoms with van der Waals surface area (Å²) in [5.74, 6) is 0.332. The van der Waals surface area contributed by atoms with Crippen LogP contribution in [-0.2, 0) is 24.4 Å². The molecule has 160 valence electrons. The highest BCUT2D eigenvalue weighted by molar-refractivity contribution is 5.76. The quantitative estimate of drug-likeness (QED) is 0.741. The predicted molar refractivity (Wildman–Crippen MR) is 113 cm³/mol. The van der Waals surface area contributed by atoms with Crippen LogP contribution in [0.25, 0.3) is 0 Å². The predicted octanol–water partition coefficient (Wildman–Crippen LogP) is 0.729. The van der Waals surface area contributed by atoms with Gasteiger partial charge in [-0.05, 0) is 52.4 Å². The van der Waals surface area contributed by atoms with Crippen LogP contribution in [0.1, 0.15) is 35.0 Å². The minimum atomic E-state index is -0.386. The lowest BCUT2D eigenvalue weighted by molar-refractivity contribution is -0.134. The van der Waals surface area contributed by atoms with Gasteiger partial charge < -0.3 is 14.4 Å². The molecule has 0 saturated carbocycles. The molecule has 2 aromatic rings. The van der Waals surface area contributed by atoms with Crippen molar-refractivity contribution in [3.05, 3.63) is 61.7 Å². The number of pyridine rings is 1. The van der Waals surface area contributed by atoms with Gasteiger partial charge in [-0.2, -0.15) is 4.98 Å². The van der Waals surface area contributed by atoms with Crippen molar-refractivity contribution in [3.63, 3.8) is 0 Å². The molecular formula is C22H29N5O3. The van der Waals surface area contributed by atoms with Crippen LogP contribution in [0.5, 0.6) is 0 Å². The monoisotopic (exact) mass is 411 g/mol. The van der Waals surface area contributed by atoms with Gasteiger partial charge in [-0.15, -0.1) is 0 Å². The molecule has 0 aliphatic carbocycles. The number of aryl methyl sites for hydroxylation is 2. The molecule has 2 bridgehead atoms. The molecule has 2 aliphatic rings. The number of nitrogens with zero attached hydrogens (tertiary/aromatic N) is 5. The summed E-state index contributed by atoms with van der Waals surface area (Å²) in [5.41, 5.74) is 2.92. The zero-order valence-corrected chi connectivity index (χ0v) is 18.1. The third kappa shape index (κ3) is 3.84. The van der Waals surface area contributed by atoms with Gasteiger partial charge in [-0.25, -0.2) is 4.79 Å². The number of carbonyl (C=O) groups excluding carboxylic acids is 1. The lowest BCUT2D eigenvalue weighted by Gasteiger charge is -2.43. The fourth-order valence-corrected chi connectivity index (χ4v) is 4.86. The van der Waals surface area contributed by atoms with Gasteiger partial charge in [0.05, 0.1) is 0 Å². The van der Waals surface area contributed by atoms with E-state index in [1.807, 2.05) is 53.6 Å². The largest absolute Gasteiger partial charge is 0.348 e. The van der Waals surface area contributed by atoms with Crippen LogP contribution in [0.15, 0.2) is 27.8 Å². The molecule has 2 atom stereocenters. The second-order valence-corrected chi connectivity index (χ2v) is 8.94. The molecule has 0 N–H and O–H groups in total. The summed E-state index contributed by atoms with van der Waals surface area (Å²) in [5, 5.41) is 0. The Morgan fingerprint density at radius 1 is 1.17 bits per heavy atom. The molecule has 8 heteroatoms. The Balaban J connectivity index is 1.55. The third-order valence-corrected chi connectivity index (χ3v) is 6.16. The van der Waals surface area contributed by atoms with E-state index in [9.17, 15) is 14.4 Å². The van der Waals surface area contributed by atoms with Crippen LogP contribution in [0, 0.1) is 19.8 Å². The lowest BCUT2D eigenvalue weighted by atomic mass is 9.83. The van der Waals surface area contributed by atoms with Crippen molar-refractivity contribution in [1.82, 2.24) is 23.9 Å². The smallest absolute Gasteiger partial charge is 0.340 e. The Morgan fingerprint density at radius 2 is 1.93 bits per heavy atom. The average Bonchev–Trinajstić information content (AvgIpc) is 2.66. The van der Waals surface area contributed by atoms with Crippen molar-refractivity contribution in [1.29, 1.82) is 0 Å². The number of piperidine rings is 1. The van der Waals surface area contributed by atoms with E-state index in [1.165, 1.54) is 4.57 Å². The molecule has 1 saturated heterocycles. The summed E-state index contributed by atoms with van der Waals surface area (Å²) in [4.78, 5) is 46.0. The summed E-state index contributed by atoms with van der Waals surface area (Å²) in [7, 11) is 3.91. The van der Waals surface area contributed by atoms with Crippen molar-refractivity contribution in [2.45, 2.75) is 45.8 Å². The maximum absolute atomic E-state index is 13.0. The second-order valence-electron chi connectivity index (χ2n) is 8.94. The first kappa shape index (κ1) is 20.5. The topological polar surface area (TPSA) is 80.4 Å². The minimum absolute atomic E-state index is 0.00592. The van der Waals surface area contributed by atoms with Crippen molar-refractivity contribution < 1.29 is 4.79 Å². The molecule has 1 fully saturated rings. The van der Waals surface area contributed by atoms with Gasteiger partial charge >= 0.3 is 5.69 Å². The second kappa shape index (κ2) is 7.83. The van der Waals surface area contributed by atoms with Crippen molar-refractivity contribution in [2.75, 3.05) is 27.2 Å². The molecule has 2 aromatic heterocycles. The maximum atomic E-state index is 13.0. The van der Waals surface area contributed by atoms with Crippen molar-refractivity contribution >= 4 is 5.91 Å². The number of carbonyl (C=O) groups is 1. The van der Waals surface area contributed by atoms with E-state index in [4.69, 9.17) is 0 Å². The van der Waals surface area contributed by atoms with Crippen LogP contribution in [0.2, 0.25) is 0 Å². The molecule has 1 amide bonds. The van der Waals surface area contributed by atoms with Crippen LogP contribution >= 0.6 is 0 Å². The zero-order chi connectivity index (χ0) is 21.6. The Labute approximate surface area is 175 Å². The Bertz CT molecular complexity index is 1100. The van der Waals surface area contributed by atoms with Crippen LogP contribution in [0.4, 0.5) is 0 Å². The summed E-state index contributed by atoms with van der Waals surface area (Å²) in [6, 6.07) is 5.79. The van der Waals surface area contributed by atoms with Crippen LogP contribution < -0.4 is 11.2 Å². The van der Waals surface area contributed by atoms with Crippen LogP contribution in [0.3, 0.4) is 0 Å². The minimum Gasteiger partial charge on any atom is -0.340 e. The van der Waals surface area contributed by atoms with E-state index >= 15 is 0 Å². The van der Waals surface area contributed by atoms with Gasteiger partial charge in [-0.1, -0.05) is 6.07 Å². The first-order valence-electron chi connectivity index (χ1n) is 10.4. The van der Waals surface area contributed by atoms with Gasteiger partial charge in [0.15, 0.2) is 0 Å². The van der Waals surface area contributed by atoms with E-state index in [-0.39, 0.29) is 35.5 Å². The van der Waals surface area contributed by atoms with E-state index in [1.54, 1.807) is 6.92 Å². The fraction of sp³-hybridized carbons (Fsp3) is 0.545. The molecule has 0 radical (unpaired) electrons. The van der Waals surface area contributed by atoms with Gasteiger partial charge in [-0.3, -0.25) is 14.2 Å². The van der Waals surface area contributed by atoms with Crippen molar-refractivity contribution in [3.8, 4) is 0 Å². The van der Waals surface area contributed by atoms with Crippen molar-refractivity contribution in [2.24, 2.45) is 5.92 Å². The summed E-state index contributed by atoms with van der Waals surface area (Å²) >= 11 is 0. The van der Waals surface area contributed by atoms with Gasteiger partial charge in [0.2, 0.25) is 5.91 Å². The van der Waals surface area contributed by atoms with E-state index < -0.39 is 0 Å². The van der Waals surface area contributed by atoms with E-state index in [0.717, 1.165) is 23.4 Å². The molecule has 30 heavy (non-hydrogen) atoms. The molecule has 0 unspecified atom stereocenters. The van der Waals surface area contributed by atoms with Gasteiger partial charge in [0, 0.05) is 54.7 Å². The van der Waals surface area contributed by atoms with Gasteiger partial charge in [0.1, 0.15) is 6.54 Å². The maximum Gasteiger partial charge on any atom is 0.348 e. The lowest BCUT2D eigenvalue weighted by Crippen LogP contribution is -2.50. The van der Waals surface area contributed by atoms with E-state index in [0.29, 0.717) is 31.9 Å². The Kier molecular flexibility index (Phi) is 5.36. The molecule has 2 aliphatic heterocycles. The zero-order valence-electron chi connectivity index (χ0n) is 18.1. The highest BCUT2D eigenvalue weighted by Gasteiger charge is 2.36. The number of amides is 1. The average molecular weight is 412 g/mol.